The molecule has 0 atom stereocenters. The van der Waals surface area contributed by atoms with Gasteiger partial charge in [-0.1, -0.05) is 24.3 Å². The summed E-state index contributed by atoms with van der Waals surface area (Å²) in [5, 5.41) is 11.0. The van der Waals surface area contributed by atoms with Gasteiger partial charge < -0.3 is 4.90 Å². The lowest BCUT2D eigenvalue weighted by Gasteiger charge is -2.34. The van der Waals surface area contributed by atoms with Crippen molar-refractivity contribution in [1.29, 1.82) is 0 Å². The van der Waals surface area contributed by atoms with Crippen LogP contribution in [0.4, 0.5) is 10.1 Å². The van der Waals surface area contributed by atoms with Gasteiger partial charge in [0, 0.05) is 44.9 Å². The summed E-state index contributed by atoms with van der Waals surface area (Å²) in [6, 6.07) is 12.8. The fraction of sp³-hybridized carbons (Fsp3) is 0.250. The van der Waals surface area contributed by atoms with Gasteiger partial charge in [-0.3, -0.25) is 19.8 Å². The van der Waals surface area contributed by atoms with Gasteiger partial charge in [0.15, 0.2) is 0 Å². The van der Waals surface area contributed by atoms with E-state index in [0.717, 1.165) is 18.7 Å². The molecule has 0 saturated carbocycles. The molecular weight excluding hydrogens is 385 g/mol. The van der Waals surface area contributed by atoms with Crippen molar-refractivity contribution in [1.82, 2.24) is 9.80 Å². The summed E-state index contributed by atoms with van der Waals surface area (Å²) in [5.74, 6) is -0.408. The summed E-state index contributed by atoms with van der Waals surface area (Å²) in [6.07, 6.45) is 2.88. The summed E-state index contributed by atoms with van der Waals surface area (Å²) < 4.78 is 13.0. The van der Waals surface area contributed by atoms with E-state index in [4.69, 9.17) is 0 Å². The van der Waals surface area contributed by atoms with E-state index in [9.17, 15) is 19.3 Å². The number of carbonyl (C=O) groups is 1. The molecule has 1 fully saturated rings. The van der Waals surface area contributed by atoms with Gasteiger partial charge in [-0.05, 0) is 29.8 Å². The molecule has 3 rings (SSSR count). The number of nitro benzene ring substituents is 1. The van der Waals surface area contributed by atoms with Crippen molar-refractivity contribution in [3.63, 3.8) is 0 Å². The van der Waals surface area contributed by atoms with E-state index in [-0.39, 0.29) is 29.8 Å². The molecule has 0 spiro atoms. The van der Waals surface area contributed by atoms with E-state index in [0.29, 0.717) is 25.2 Å². The van der Waals surface area contributed by atoms with E-state index in [1.807, 2.05) is 0 Å². The number of nitro groups is 1. The maximum Gasteiger partial charge on any atom is 0.276 e. The number of halogens is 2. The number of carbonyl (C=O) groups excluding carboxylic acids is 1. The van der Waals surface area contributed by atoms with Gasteiger partial charge in [0.05, 0.1) is 10.5 Å². The number of nitrogens with zero attached hydrogens (tertiary/aromatic N) is 3. The second-order valence-electron chi connectivity index (χ2n) is 6.38. The van der Waals surface area contributed by atoms with Crippen LogP contribution in [-0.2, 0) is 11.3 Å². The third-order valence-corrected chi connectivity index (χ3v) is 4.54. The van der Waals surface area contributed by atoms with Gasteiger partial charge in [-0.25, -0.2) is 4.39 Å². The van der Waals surface area contributed by atoms with Crippen molar-refractivity contribution in [2.75, 3.05) is 26.2 Å². The molecule has 0 aromatic heterocycles. The lowest BCUT2D eigenvalue weighted by Crippen LogP contribution is -2.47. The summed E-state index contributed by atoms with van der Waals surface area (Å²) in [6.45, 7) is 3.34. The lowest BCUT2D eigenvalue weighted by molar-refractivity contribution is -0.385. The van der Waals surface area contributed by atoms with Crippen molar-refractivity contribution < 1.29 is 14.1 Å². The Morgan fingerprint density at radius 1 is 1.07 bits per heavy atom. The van der Waals surface area contributed by atoms with E-state index < -0.39 is 4.92 Å². The highest BCUT2D eigenvalue weighted by molar-refractivity contribution is 5.92. The Hall–Kier alpha value is -2.77. The van der Waals surface area contributed by atoms with Gasteiger partial charge in [0.1, 0.15) is 5.82 Å². The van der Waals surface area contributed by atoms with Crippen LogP contribution in [0.25, 0.3) is 6.08 Å². The predicted molar refractivity (Wildman–Crippen MR) is 108 cm³/mol. The molecule has 0 N–H and O–H groups in total. The molecule has 1 amide bonds. The molecule has 1 heterocycles. The van der Waals surface area contributed by atoms with Crippen LogP contribution < -0.4 is 0 Å². The topological polar surface area (TPSA) is 66.7 Å². The minimum absolute atomic E-state index is 0. The number of para-hydroxylation sites is 1. The fourth-order valence-electron chi connectivity index (χ4n) is 3.04. The molecule has 6 nitrogen and oxygen atoms in total. The molecule has 8 heteroatoms. The van der Waals surface area contributed by atoms with Crippen LogP contribution in [0.15, 0.2) is 54.6 Å². The minimum atomic E-state index is -0.460. The molecule has 0 unspecified atom stereocenters. The third kappa shape index (κ3) is 5.61. The summed E-state index contributed by atoms with van der Waals surface area (Å²) in [5.41, 5.74) is 1.42. The van der Waals surface area contributed by atoms with Crippen LogP contribution in [-0.4, -0.2) is 46.8 Å². The largest absolute Gasteiger partial charge is 0.337 e. The Balaban J connectivity index is 0.00000280. The highest BCUT2D eigenvalue weighted by Gasteiger charge is 2.20. The average molecular weight is 406 g/mol. The fourth-order valence-corrected chi connectivity index (χ4v) is 3.04. The monoisotopic (exact) mass is 405 g/mol. The Morgan fingerprint density at radius 2 is 1.71 bits per heavy atom. The highest BCUT2D eigenvalue weighted by atomic mass is 35.5. The summed E-state index contributed by atoms with van der Waals surface area (Å²) >= 11 is 0. The second kappa shape index (κ2) is 9.96. The van der Waals surface area contributed by atoms with Crippen LogP contribution in [0.5, 0.6) is 0 Å². The van der Waals surface area contributed by atoms with E-state index >= 15 is 0 Å². The minimum Gasteiger partial charge on any atom is -0.337 e. The van der Waals surface area contributed by atoms with Crippen molar-refractivity contribution in [2.24, 2.45) is 0 Å². The van der Waals surface area contributed by atoms with Crippen LogP contribution in [0, 0.1) is 15.9 Å². The second-order valence-corrected chi connectivity index (χ2v) is 6.38. The van der Waals surface area contributed by atoms with Crippen LogP contribution in [0.1, 0.15) is 11.1 Å². The normalized spacial score (nSPS) is 14.7. The van der Waals surface area contributed by atoms with Crippen LogP contribution >= 0.6 is 12.4 Å². The molecule has 0 radical (unpaired) electrons. The van der Waals surface area contributed by atoms with Gasteiger partial charge in [0.25, 0.3) is 5.69 Å². The van der Waals surface area contributed by atoms with E-state index in [1.165, 1.54) is 30.4 Å². The summed E-state index contributed by atoms with van der Waals surface area (Å²) in [4.78, 5) is 26.9. The smallest absolute Gasteiger partial charge is 0.276 e. The zero-order chi connectivity index (χ0) is 19.2. The van der Waals surface area contributed by atoms with Crippen molar-refractivity contribution >= 4 is 30.1 Å². The van der Waals surface area contributed by atoms with Gasteiger partial charge in [0.2, 0.25) is 5.91 Å². The Bertz CT molecular complexity index is 850. The maximum absolute atomic E-state index is 13.0. The SMILES string of the molecule is Cl.O=C(/C=C/c1ccccc1[N+](=O)[O-])N1CCN(Cc2ccc(F)cc2)CC1. The lowest BCUT2D eigenvalue weighted by atomic mass is 10.1. The number of amides is 1. The zero-order valence-electron chi connectivity index (χ0n) is 15.2. The maximum atomic E-state index is 13.0. The number of benzene rings is 2. The van der Waals surface area contributed by atoms with E-state index in [2.05, 4.69) is 4.90 Å². The first kappa shape index (κ1) is 21.5. The van der Waals surface area contributed by atoms with Crippen molar-refractivity contribution in [2.45, 2.75) is 6.54 Å². The predicted octanol–water partition coefficient (Wildman–Crippen LogP) is 3.51. The number of piperazine rings is 1. The first-order chi connectivity index (χ1) is 13.0. The molecule has 1 saturated heterocycles. The highest BCUT2D eigenvalue weighted by Crippen LogP contribution is 2.19. The number of hydrogen-bond donors (Lipinski definition) is 0. The first-order valence-electron chi connectivity index (χ1n) is 8.70. The van der Waals surface area contributed by atoms with Gasteiger partial charge in [-0.15, -0.1) is 12.4 Å². The molecule has 0 aliphatic carbocycles. The Labute approximate surface area is 168 Å². The Morgan fingerprint density at radius 3 is 2.36 bits per heavy atom. The molecule has 0 bridgehead atoms. The number of hydrogen-bond acceptors (Lipinski definition) is 4. The summed E-state index contributed by atoms with van der Waals surface area (Å²) in [7, 11) is 0. The first-order valence-corrected chi connectivity index (χ1v) is 8.70. The molecule has 1 aliphatic rings. The van der Waals surface area contributed by atoms with Gasteiger partial charge in [-0.2, -0.15) is 0 Å². The molecule has 2 aromatic rings. The Kier molecular flexibility index (Phi) is 7.66. The standard InChI is InChI=1S/C20H20FN3O3.ClH/c21-18-8-5-16(6-9-18)15-22-11-13-23(14-12-22)20(25)10-7-17-3-1-2-4-19(17)24(26)27;/h1-10H,11-15H2;1H/b10-7+;. The van der Waals surface area contributed by atoms with Crippen LogP contribution in [0.3, 0.4) is 0 Å². The van der Waals surface area contributed by atoms with Crippen LogP contribution in [0.2, 0.25) is 0 Å². The van der Waals surface area contributed by atoms with Gasteiger partial charge >= 0.3 is 0 Å². The zero-order valence-corrected chi connectivity index (χ0v) is 16.0. The quantitative estimate of drug-likeness (QED) is 0.433. The molecule has 2 aromatic carbocycles. The third-order valence-electron chi connectivity index (χ3n) is 4.54. The van der Waals surface area contributed by atoms with E-state index in [1.54, 1.807) is 35.2 Å². The van der Waals surface area contributed by atoms with Crippen molar-refractivity contribution in [3.05, 3.63) is 81.7 Å². The number of rotatable bonds is 5. The molecular formula is C20H21ClFN3O3. The average Bonchev–Trinajstić information content (AvgIpc) is 2.68. The van der Waals surface area contributed by atoms with Crippen molar-refractivity contribution in [3.8, 4) is 0 Å². The molecule has 1 aliphatic heterocycles. The molecule has 148 valence electrons. The molecule has 28 heavy (non-hydrogen) atoms.